The first kappa shape index (κ1) is 8.61. The van der Waals surface area contributed by atoms with Crippen molar-refractivity contribution >= 4 is 5.69 Å². The van der Waals surface area contributed by atoms with Crippen LogP contribution >= 0.6 is 0 Å². The van der Waals surface area contributed by atoms with Gasteiger partial charge in [-0.25, -0.2) is 0 Å². The Hall–Kier alpha value is -0.980. The minimum atomic E-state index is 0.770. The molecule has 0 aromatic heterocycles. The summed E-state index contributed by atoms with van der Waals surface area (Å²) >= 11 is 0. The van der Waals surface area contributed by atoms with Crippen LogP contribution in [-0.4, -0.2) is 0 Å². The first-order chi connectivity index (χ1) is 6.18. The van der Waals surface area contributed by atoms with Gasteiger partial charge in [0.1, 0.15) is 0 Å². The van der Waals surface area contributed by atoms with E-state index in [-0.39, 0.29) is 0 Å². The summed E-state index contributed by atoms with van der Waals surface area (Å²) in [5.74, 6) is 1.58. The number of fused-ring (bicyclic) bond motifs is 1. The van der Waals surface area contributed by atoms with Gasteiger partial charge < -0.3 is 5.73 Å². The Morgan fingerprint density at radius 1 is 1.31 bits per heavy atom. The molecule has 0 spiro atoms. The third-order valence-electron chi connectivity index (χ3n) is 3.20. The van der Waals surface area contributed by atoms with Gasteiger partial charge in [-0.1, -0.05) is 26.0 Å². The van der Waals surface area contributed by atoms with Crippen LogP contribution in [0.4, 0.5) is 5.69 Å². The van der Waals surface area contributed by atoms with Gasteiger partial charge in [0.25, 0.3) is 0 Å². The summed E-state index contributed by atoms with van der Waals surface area (Å²) in [7, 11) is 0. The average Bonchev–Trinajstić information content (AvgIpc) is 2.49. The Labute approximate surface area is 80.0 Å². The first-order valence-electron chi connectivity index (χ1n) is 5.04. The van der Waals surface area contributed by atoms with Crippen LogP contribution in [0.1, 0.15) is 25.0 Å². The molecule has 1 aromatic rings. The largest absolute Gasteiger partial charge is 0.398 e. The maximum Gasteiger partial charge on any atom is 0.0349 e. The van der Waals surface area contributed by atoms with E-state index in [1.54, 1.807) is 0 Å². The molecule has 0 bridgehead atoms. The van der Waals surface area contributed by atoms with E-state index in [4.69, 9.17) is 5.73 Å². The third-order valence-corrected chi connectivity index (χ3v) is 3.20. The standard InChI is InChI=1S/C12H17N/c1-8(2)10-6-9-4-3-5-12(13)11(9)7-10/h3-5,8,10H,6-7,13H2,1-2H3. The predicted molar refractivity (Wildman–Crippen MR) is 56.6 cm³/mol. The van der Waals surface area contributed by atoms with Crippen molar-refractivity contribution in [2.24, 2.45) is 11.8 Å². The Morgan fingerprint density at radius 3 is 2.69 bits per heavy atom. The fourth-order valence-electron chi connectivity index (χ4n) is 2.18. The molecule has 0 heterocycles. The monoisotopic (exact) mass is 175 g/mol. The molecule has 0 saturated heterocycles. The maximum absolute atomic E-state index is 5.93. The van der Waals surface area contributed by atoms with Gasteiger partial charge in [0.05, 0.1) is 0 Å². The van der Waals surface area contributed by atoms with Crippen molar-refractivity contribution in [1.29, 1.82) is 0 Å². The van der Waals surface area contributed by atoms with Gasteiger partial charge in [-0.2, -0.15) is 0 Å². The quantitative estimate of drug-likeness (QED) is 0.652. The van der Waals surface area contributed by atoms with E-state index in [9.17, 15) is 0 Å². The highest BCUT2D eigenvalue weighted by Crippen LogP contribution is 2.34. The molecule has 1 aliphatic carbocycles. The molecule has 1 nitrogen and oxygen atoms in total. The topological polar surface area (TPSA) is 26.0 Å². The lowest BCUT2D eigenvalue weighted by molar-refractivity contribution is 0.404. The molecule has 1 aromatic carbocycles. The van der Waals surface area contributed by atoms with Crippen LogP contribution in [0.3, 0.4) is 0 Å². The second-order valence-corrected chi connectivity index (χ2v) is 4.40. The number of nitrogen functional groups attached to an aromatic ring is 1. The minimum Gasteiger partial charge on any atom is -0.398 e. The molecule has 1 unspecified atom stereocenters. The third kappa shape index (κ3) is 1.43. The minimum absolute atomic E-state index is 0.770. The van der Waals surface area contributed by atoms with Crippen molar-refractivity contribution in [3.63, 3.8) is 0 Å². The Kier molecular flexibility index (Phi) is 2.03. The van der Waals surface area contributed by atoms with Gasteiger partial charge in [0.15, 0.2) is 0 Å². The molecule has 70 valence electrons. The highest BCUT2D eigenvalue weighted by Gasteiger charge is 2.24. The lowest BCUT2D eigenvalue weighted by atomic mass is 9.93. The lowest BCUT2D eigenvalue weighted by Gasteiger charge is -2.12. The number of benzene rings is 1. The molecule has 0 fully saturated rings. The Bertz CT molecular complexity index is 315. The van der Waals surface area contributed by atoms with Gasteiger partial charge in [-0.05, 0) is 41.9 Å². The Morgan fingerprint density at radius 2 is 2.08 bits per heavy atom. The van der Waals surface area contributed by atoms with Crippen molar-refractivity contribution < 1.29 is 0 Å². The van der Waals surface area contributed by atoms with Crippen molar-refractivity contribution in [3.05, 3.63) is 29.3 Å². The molecule has 2 rings (SSSR count). The van der Waals surface area contributed by atoms with Crippen molar-refractivity contribution in [3.8, 4) is 0 Å². The lowest BCUT2D eigenvalue weighted by Crippen LogP contribution is -2.07. The maximum atomic E-state index is 5.93. The second kappa shape index (κ2) is 3.06. The molecule has 13 heavy (non-hydrogen) atoms. The van der Waals surface area contributed by atoms with E-state index in [2.05, 4.69) is 26.0 Å². The van der Waals surface area contributed by atoms with Crippen LogP contribution < -0.4 is 5.73 Å². The van der Waals surface area contributed by atoms with E-state index in [1.807, 2.05) is 6.07 Å². The van der Waals surface area contributed by atoms with Gasteiger partial charge in [0, 0.05) is 5.69 Å². The zero-order chi connectivity index (χ0) is 9.42. The van der Waals surface area contributed by atoms with Crippen molar-refractivity contribution in [2.75, 3.05) is 5.73 Å². The number of hydrogen-bond acceptors (Lipinski definition) is 1. The number of rotatable bonds is 1. The molecule has 0 saturated carbocycles. The molecular weight excluding hydrogens is 158 g/mol. The van der Waals surface area contributed by atoms with Crippen LogP contribution in [0, 0.1) is 11.8 Å². The van der Waals surface area contributed by atoms with Gasteiger partial charge in [0.2, 0.25) is 0 Å². The highest BCUT2D eigenvalue weighted by atomic mass is 14.6. The van der Waals surface area contributed by atoms with E-state index in [1.165, 1.54) is 24.0 Å². The van der Waals surface area contributed by atoms with Crippen LogP contribution in [-0.2, 0) is 12.8 Å². The van der Waals surface area contributed by atoms with Crippen LogP contribution in [0.25, 0.3) is 0 Å². The summed E-state index contributed by atoms with van der Waals surface area (Å²) in [6.07, 6.45) is 2.40. The number of nitrogens with two attached hydrogens (primary N) is 1. The van der Waals surface area contributed by atoms with Crippen LogP contribution in [0.15, 0.2) is 18.2 Å². The normalized spacial score (nSPS) is 20.7. The number of hydrogen-bond donors (Lipinski definition) is 1. The molecule has 0 amide bonds. The van der Waals surface area contributed by atoms with E-state index in [0.29, 0.717) is 0 Å². The zero-order valence-electron chi connectivity index (χ0n) is 8.38. The van der Waals surface area contributed by atoms with E-state index >= 15 is 0 Å². The fourth-order valence-corrected chi connectivity index (χ4v) is 2.18. The molecule has 1 aliphatic rings. The van der Waals surface area contributed by atoms with E-state index in [0.717, 1.165) is 17.5 Å². The van der Waals surface area contributed by atoms with Gasteiger partial charge in [-0.3, -0.25) is 0 Å². The van der Waals surface area contributed by atoms with Crippen molar-refractivity contribution in [2.45, 2.75) is 26.7 Å². The summed E-state index contributed by atoms with van der Waals surface area (Å²) in [6, 6.07) is 6.30. The first-order valence-corrected chi connectivity index (χ1v) is 5.04. The molecule has 2 N–H and O–H groups in total. The summed E-state index contributed by atoms with van der Waals surface area (Å²) in [5.41, 5.74) is 9.80. The Balaban J connectivity index is 2.30. The van der Waals surface area contributed by atoms with Crippen LogP contribution in [0.2, 0.25) is 0 Å². The summed E-state index contributed by atoms with van der Waals surface area (Å²) in [5, 5.41) is 0. The predicted octanol–water partition coefficient (Wildman–Crippen LogP) is 2.64. The SMILES string of the molecule is CC(C)C1Cc2cccc(N)c2C1. The average molecular weight is 175 g/mol. The molecule has 1 heteroatoms. The highest BCUT2D eigenvalue weighted by molar-refractivity contribution is 5.53. The molecular formula is C12H17N. The summed E-state index contributed by atoms with van der Waals surface area (Å²) < 4.78 is 0. The second-order valence-electron chi connectivity index (χ2n) is 4.40. The number of anilines is 1. The van der Waals surface area contributed by atoms with Crippen LogP contribution in [0.5, 0.6) is 0 Å². The van der Waals surface area contributed by atoms with Gasteiger partial charge >= 0.3 is 0 Å². The fraction of sp³-hybridized carbons (Fsp3) is 0.500. The summed E-state index contributed by atoms with van der Waals surface area (Å²) in [6.45, 7) is 4.60. The molecule has 1 atom stereocenters. The summed E-state index contributed by atoms with van der Waals surface area (Å²) in [4.78, 5) is 0. The molecule has 0 aliphatic heterocycles. The van der Waals surface area contributed by atoms with Crippen molar-refractivity contribution in [1.82, 2.24) is 0 Å². The smallest absolute Gasteiger partial charge is 0.0349 e. The molecule has 0 radical (unpaired) electrons. The zero-order valence-corrected chi connectivity index (χ0v) is 8.38. The van der Waals surface area contributed by atoms with Gasteiger partial charge in [-0.15, -0.1) is 0 Å². The van der Waals surface area contributed by atoms with E-state index < -0.39 is 0 Å².